The van der Waals surface area contributed by atoms with Crippen LogP contribution in [0.1, 0.15) is 37.5 Å². The van der Waals surface area contributed by atoms with E-state index >= 15 is 0 Å². The molecule has 0 aromatic heterocycles. The van der Waals surface area contributed by atoms with E-state index in [1.807, 2.05) is 18.2 Å². The maximum atomic E-state index is 14.0. The quantitative estimate of drug-likeness (QED) is 0.271. The van der Waals surface area contributed by atoms with E-state index in [4.69, 9.17) is 0 Å². The van der Waals surface area contributed by atoms with Crippen LogP contribution >= 0.6 is 0 Å². The van der Waals surface area contributed by atoms with Crippen molar-refractivity contribution in [1.82, 2.24) is 16.0 Å². The zero-order chi connectivity index (χ0) is 28.9. The molecule has 1 amide bonds. The molecule has 2 atom stereocenters. The summed E-state index contributed by atoms with van der Waals surface area (Å²) >= 11 is 0. The lowest BCUT2D eigenvalue weighted by atomic mass is 9.81. The number of hydrogen-bond acceptors (Lipinski definition) is 5. The van der Waals surface area contributed by atoms with Gasteiger partial charge in [-0.05, 0) is 52.8 Å². The molecule has 0 aliphatic carbocycles. The van der Waals surface area contributed by atoms with E-state index in [1.54, 1.807) is 24.3 Å². The summed E-state index contributed by atoms with van der Waals surface area (Å²) in [6.07, 6.45) is -1.21. The van der Waals surface area contributed by atoms with Crippen molar-refractivity contribution < 1.29 is 18.7 Å². The Hall–Kier alpha value is -3.75. The van der Waals surface area contributed by atoms with Gasteiger partial charge in [0, 0.05) is 31.4 Å². The summed E-state index contributed by atoms with van der Waals surface area (Å²) in [5.74, 6) is -2.18. The van der Waals surface area contributed by atoms with Gasteiger partial charge in [-0.1, -0.05) is 69.8 Å². The number of halogens is 2. The van der Waals surface area contributed by atoms with Crippen molar-refractivity contribution in [2.24, 2.45) is 5.92 Å². The van der Waals surface area contributed by atoms with Crippen LogP contribution in [0.2, 0.25) is 0 Å². The molecule has 0 spiro atoms. The average Bonchev–Trinajstić information content (AvgIpc) is 2.91. The fraction of sp³-hybridized carbons (Fsp3) is 0.344. The van der Waals surface area contributed by atoms with Gasteiger partial charge in [0.25, 0.3) is 0 Å². The van der Waals surface area contributed by atoms with Crippen LogP contribution in [0.5, 0.6) is 0 Å². The van der Waals surface area contributed by atoms with Crippen LogP contribution in [-0.4, -0.2) is 36.8 Å². The van der Waals surface area contributed by atoms with Gasteiger partial charge in [-0.15, -0.1) is 0 Å². The molecule has 1 heterocycles. The van der Waals surface area contributed by atoms with Gasteiger partial charge < -0.3 is 26.4 Å². The fourth-order valence-electron chi connectivity index (χ4n) is 4.94. The van der Waals surface area contributed by atoms with Crippen molar-refractivity contribution in [3.63, 3.8) is 0 Å². The topological polar surface area (TPSA) is 85.4 Å². The minimum atomic E-state index is -1.16. The third-order valence-corrected chi connectivity index (χ3v) is 7.36. The summed E-state index contributed by atoms with van der Waals surface area (Å²) in [5.41, 5.74) is 2.37. The second-order valence-electron chi connectivity index (χ2n) is 11.5. The van der Waals surface area contributed by atoms with Gasteiger partial charge in [-0.2, -0.15) is 0 Å². The summed E-state index contributed by atoms with van der Waals surface area (Å²) in [6.45, 7) is 11.5. The Kier molecular flexibility index (Phi) is 8.91. The number of aliphatic hydroxyl groups excluding tert-OH is 1. The van der Waals surface area contributed by atoms with Gasteiger partial charge in [-0.25, -0.2) is 8.78 Å². The van der Waals surface area contributed by atoms with Crippen molar-refractivity contribution >= 4 is 11.6 Å². The second-order valence-corrected chi connectivity index (χ2v) is 11.5. The lowest BCUT2D eigenvalue weighted by molar-refractivity contribution is -0.123. The second kappa shape index (κ2) is 12.2. The Bertz CT molecular complexity index is 1310. The average molecular weight is 549 g/mol. The smallest absolute Gasteiger partial charge is 0.230 e. The predicted octanol–water partition coefficient (Wildman–Crippen LogP) is 4.57. The van der Waals surface area contributed by atoms with Crippen LogP contribution in [0.3, 0.4) is 0 Å². The molecule has 8 heteroatoms. The molecule has 0 saturated carbocycles. The number of para-hydroxylation sites is 1. The number of anilines is 1. The number of carbonyl (C=O) groups excluding carboxylic acids is 1. The molecule has 6 nitrogen and oxygen atoms in total. The molecule has 1 fully saturated rings. The lowest BCUT2D eigenvalue weighted by Gasteiger charge is -2.42. The summed E-state index contributed by atoms with van der Waals surface area (Å²) in [7, 11) is 0. The number of carbonyl (C=O) groups is 1. The van der Waals surface area contributed by atoms with Crippen LogP contribution in [-0.2, 0) is 22.2 Å². The first-order chi connectivity index (χ1) is 18.9. The Labute approximate surface area is 234 Å². The predicted molar refractivity (Wildman–Crippen MR) is 155 cm³/mol. The largest absolute Gasteiger partial charge is 0.391 e. The third kappa shape index (κ3) is 7.25. The maximum Gasteiger partial charge on any atom is 0.230 e. The standard InChI is InChI=1S/C32H38F2N4O2/c1-21-35-19-32(20-36-21,24-10-8-9-23(16-24)31(2,3)4)37-18-29(39)28(15-22-13-25(33)17-26(34)14-22)30(40)38-27-11-6-5-7-12-27/h5-14,16-17,28-29,35-37,39H,1,15,18-20H2,2-4H3,(H,38,40). The van der Waals surface area contributed by atoms with Crippen LogP contribution in [0.25, 0.3) is 0 Å². The van der Waals surface area contributed by atoms with Crippen LogP contribution in [0.4, 0.5) is 14.5 Å². The van der Waals surface area contributed by atoms with Crippen LogP contribution in [0.15, 0.2) is 85.2 Å². The molecule has 4 rings (SSSR count). The van der Waals surface area contributed by atoms with Crippen molar-refractivity contribution in [2.75, 3.05) is 25.0 Å². The normalized spacial score (nSPS) is 16.4. The Balaban J connectivity index is 1.60. The first-order valence-corrected chi connectivity index (χ1v) is 13.5. The van der Waals surface area contributed by atoms with E-state index in [-0.39, 0.29) is 23.9 Å². The molecule has 40 heavy (non-hydrogen) atoms. The summed E-state index contributed by atoms with van der Waals surface area (Å²) in [4.78, 5) is 13.4. The zero-order valence-corrected chi connectivity index (χ0v) is 23.2. The summed E-state index contributed by atoms with van der Waals surface area (Å²) in [5, 5.41) is 24.3. The van der Waals surface area contributed by atoms with Gasteiger partial charge >= 0.3 is 0 Å². The highest BCUT2D eigenvalue weighted by molar-refractivity contribution is 5.93. The molecule has 1 aliphatic heterocycles. The Morgan fingerprint density at radius 2 is 1.65 bits per heavy atom. The Morgan fingerprint density at radius 3 is 2.27 bits per heavy atom. The zero-order valence-electron chi connectivity index (χ0n) is 23.2. The minimum absolute atomic E-state index is 0.0456. The molecular weight excluding hydrogens is 510 g/mol. The van der Waals surface area contributed by atoms with E-state index in [0.29, 0.717) is 24.6 Å². The van der Waals surface area contributed by atoms with Gasteiger partial charge in [0.15, 0.2) is 0 Å². The Morgan fingerprint density at radius 1 is 1.00 bits per heavy atom. The van der Waals surface area contributed by atoms with Gasteiger partial charge in [0.2, 0.25) is 5.91 Å². The van der Waals surface area contributed by atoms with Crippen molar-refractivity contribution in [3.8, 4) is 0 Å². The fourth-order valence-corrected chi connectivity index (χ4v) is 4.94. The highest BCUT2D eigenvalue weighted by Gasteiger charge is 2.37. The molecule has 1 aliphatic rings. The molecule has 212 valence electrons. The summed E-state index contributed by atoms with van der Waals surface area (Å²) in [6, 6.07) is 20.4. The maximum absolute atomic E-state index is 14.0. The van der Waals surface area contributed by atoms with Crippen molar-refractivity contribution in [1.29, 1.82) is 0 Å². The molecule has 3 aromatic carbocycles. The number of nitrogens with one attached hydrogen (secondary N) is 4. The first-order valence-electron chi connectivity index (χ1n) is 13.5. The number of hydrogen-bond donors (Lipinski definition) is 5. The van der Waals surface area contributed by atoms with Gasteiger partial charge in [0.1, 0.15) is 11.6 Å². The molecule has 2 unspecified atom stereocenters. The number of amides is 1. The summed E-state index contributed by atoms with van der Waals surface area (Å²) < 4.78 is 27.9. The molecule has 5 N–H and O–H groups in total. The third-order valence-electron chi connectivity index (χ3n) is 7.36. The molecule has 0 bridgehead atoms. The van der Waals surface area contributed by atoms with Gasteiger partial charge in [-0.3, -0.25) is 4.79 Å². The SMILES string of the molecule is C=C1NCC(NCC(O)C(Cc2cc(F)cc(F)c2)C(=O)Nc2ccccc2)(c2cccc(C(C)(C)C)c2)CN1. The monoisotopic (exact) mass is 548 g/mol. The number of benzene rings is 3. The van der Waals surface area contributed by atoms with E-state index in [1.165, 1.54) is 17.7 Å². The number of aliphatic hydroxyl groups is 1. The molecule has 3 aromatic rings. The highest BCUT2D eigenvalue weighted by Crippen LogP contribution is 2.29. The number of rotatable bonds is 9. The van der Waals surface area contributed by atoms with E-state index in [0.717, 1.165) is 11.6 Å². The van der Waals surface area contributed by atoms with Crippen molar-refractivity contribution in [3.05, 3.63) is 114 Å². The van der Waals surface area contributed by atoms with E-state index in [2.05, 4.69) is 60.8 Å². The van der Waals surface area contributed by atoms with Crippen LogP contribution in [0, 0.1) is 17.6 Å². The van der Waals surface area contributed by atoms with Crippen molar-refractivity contribution in [2.45, 2.75) is 44.2 Å². The highest BCUT2D eigenvalue weighted by atomic mass is 19.1. The van der Waals surface area contributed by atoms with Crippen LogP contribution < -0.4 is 21.3 Å². The molecule has 0 radical (unpaired) electrons. The minimum Gasteiger partial charge on any atom is -0.391 e. The van der Waals surface area contributed by atoms with E-state index < -0.39 is 35.1 Å². The van der Waals surface area contributed by atoms with Gasteiger partial charge in [0.05, 0.1) is 23.4 Å². The molecular formula is C32H38F2N4O2. The van der Waals surface area contributed by atoms with E-state index in [9.17, 15) is 18.7 Å². The first kappa shape index (κ1) is 29.2. The lowest BCUT2D eigenvalue weighted by Crippen LogP contribution is -2.62. The molecule has 1 saturated heterocycles.